The topological polar surface area (TPSA) is 59.0 Å². The zero-order valence-corrected chi connectivity index (χ0v) is 11.7. The van der Waals surface area contributed by atoms with E-state index in [0.29, 0.717) is 19.0 Å². The molecule has 0 aromatic carbocycles. The number of nitrogens with zero attached hydrogens (tertiary/aromatic N) is 2. The van der Waals surface area contributed by atoms with Crippen molar-refractivity contribution in [2.45, 2.75) is 51.6 Å². The third-order valence-electron chi connectivity index (χ3n) is 3.56. The van der Waals surface area contributed by atoms with Gasteiger partial charge in [-0.25, -0.2) is 4.98 Å². The van der Waals surface area contributed by atoms with Crippen LogP contribution in [0.25, 0.3) is 0 Å². The van der Waals surface area contributed by atoms with Crippen LogP contribution in [0.5, 0.6) is 0 Å². The van der Waals surface area contributed by atoms with Crippen LogP contribution in [0.2, 0.25) is 0 Å². The van der Waals surface area contributed by atoms with Crippen molar-refractivity contribution in [3.63, 3.8) is 0 Å². The van der Waals surface area contributed by atoms with Gasteiger partial charge >= 0.3 is 0 Å². The molecule has 1 amide bonds. The average Bonchev–Trinajstić information content (AvgIpc) is 2.92. The van der Waals surface area contributed by atoms with Gasteiger partial charge in [0.1, 0.15) is 0 Å². The van der Waals surface area contributed by atoms with E-state index < -0.39 is 0 Å². The number of aryl methyl sites for hydroxylation is 1. The molecule has 2 N–H and O–H groups in total. The lowest BCUT2D eigenvalue weighted by atomic mass is 10.0. The molecule has 1 aromatic rings. The lowest BCUT2D eigenvalue weighted by molar-refractivity contribution is -0.121. The summed E-state index contributed by atoms with van der Waals surface area (Å²) in [5, 5.41) is 6.43. The first kappa shape index (κ1) is 14.1. The van der Waals surface area contributed by atoms with Gasteiger partial charge in [-0.3, -0.25) is 4.79 Å². The fourth-order valence-corrected chi connectivity index (χ4v) is 2.49. The molecule has 1 aliphatic heterocycles. The first-order chi connectivity index (χ1) is 9.31. The van der Waals surface area contributed by atoms with Gasteiger partial charge in [0.25, 0.3) is 0 Å². The molecule has 0 radical (unpaired) electrons. The molecule has 5 heteroatoms. The second kappa shape index (κ2) is 7.28. The zero-order chi connectivity index (χ0) is 13.5. The number of aromatic nitrogens is 2. The molecular weight excluding hydrogens is 240 g/mol. The largest absolute Gasteiger partial charge is 0.356 e. The number of hydrogen-bond donors (Lipinski definition) is 2. The van der Waals surface area contributed by atoms with E-state index in [-0.39, 0.29) is 5.91 Å². The van der Waals surface area contributed by atoms with E-state index in [9.17, 15) is 4.79 Å². The molecule has 2 rings (SSSR count). The SMILES string of the molecule is CCCNC(=O)CCn1cncc1C1CCCCN1. The van der Waals surface area contributed by atoms with E-state index in [2.05, 4.69) is 27.1 Å². The van der Waals surface area contributed by atoms with E-state index in [1.165, 1.54) is 18.5 Å². The van der Waals surface area contributed by atoms with Crippen LogP contribution in [0, 0.1) is 0 Å². The Kier molecular flexibility index (Phi) is 5.39. The van der Waals surface area contributed by atoms with Gasteiger partial charge in [0.05, 0.1) is 12.0 Å². The summed E-state index contributed by atoms with van der Waals surface area (Å²) in [5.74, 6) is 0.123. The molecule has 1 saturated heterocycles. The van der Waals surface area contributed by atoms with Crippen LogP contribution in [0.1, 0.15) is 50.8 Å². The fourth-order valence-electron chi connectivity index (χ4n) is 2.49. The van der Waals surface area contributed by atoms with Crippen LogP contribution in [-0.4, -0.2) is 28.5 Å². The number of amides is 1. The number of nitrogens with one attached hydrogen (secondary N) is 2. The summed E-state index contributed by atoms with van der Waals surface area (Å²) in [6.07, 6.45) is 8.94. The first-order valence-corrected chi connectivity index (χ1v) is 7.31. The Balaban J connectivity index is 1.86. The highest BCUT2D eigenvalue weighted by Gasteiger charge is 2.18. The zero-order valence-electron chi connectivity index (χ0n) is 11.7. The maximum absolute atomic E-state index is 11.6. The standard InChI is InChI=1S/C14H24N4O/c1-2-7-17-14(19)6-9-18-11-15-10-13(18)12-5-3-4-8-16-12/h10-12,16H,2-9H2,1H3,(H,17,19). The van der Waals surface area contributed by atoms with Crippen LogP contribution in [0.3, 0.4) is 0 Å². The number of hydrogen-bond acceptors (Lipinski definition) is 3. The molecule has 106 valence electrons. The minimum Gasteiger partial charge on any atom is -0.356 e. The van der Waals surface area contributed by atoms with Crippen molar-refractivity contribution in [1.29, 1.82) is 0 Å². The van der Waals surface area contributed by atoms with E-state index in [0.717, 1.165) is 25.9 Å². The van der Waals surface area contributed by atoms with Gasteiger partial charge in [0.15, 0.2) is 0 Å². The Morgan fingerprint density at radius 3 is 3.21 bits per heavy atom. The van der Waals surface area contributed by atoms with Crippen molar-refractivity contribution in [2.24, 2.45) is 0 Å². The van der Waals surface area contributed by atoms with Crippen molar-refractivity contribution >= 4 is 5.91 Å². The van der Waals surface area contributed by atoms with E-state index in [1.54, 1.807) is 0 Å². The van der Waals surface area contributed by atoms with E-state index in [1.807, 2.05) is 12.5 Å². The van der Waals surface area contributed by atoms with Crippen LogP contribution < -0.4 is 10.6 Å². The highest BCUT2D eigenvalue weighted by atomic mass is 16.1. The molecule has 0 saturated carbocycles. The lowest BCUT2D eigenvalue weighted by Crippen LogP contribution is -2.29. The number of rotatable bonds is 6. The third-order valence-corrected chi connectivity index (χ3v) is 3.56. The summed E-state index contributed by atoms with van der Waals surface area (Å²) in [6, 6.07) is 0.398. The van der Waals surface area contributed by atoms with E-state index in [4.69, 9.17) is 0 Å². The van der Waals surface area contributed by atoms with Crippen molar-refractivity contribution < 1.29 is 4.79 Å². The number of piperidine rings is 1. The molecule has 1 aromatic heterocycles. The van der Waals surface area contributed by atoms with Crippen LogP contribution in [0.4, 0.5) is 0 Å². The smallest absolute Gasteiger partial charge is 0.221 e. The summed E-state index contributed by atoms with van der Waals surface area (Å²) in [5.41, 5.74) is 1.21. The van der Waals surface area contributed by atoms with Crippen molar-refractivity contribution in [2.75, 3.05) is 13.1 Å². The summed E-state index contributed by atoms with van der Waals surface area (Å²) < 4.78 is 2.11. The number of imidazole rings is 1. The van der Waals surface area contributed by atoms with Crippen molar-refractivity contribution in [3.8, 4) is 0 Å². The Morgan fingerprint density at radius 1 is 1.58 bits per heavy atom. The quantitative estimate of drug-likeness (QED) is 0.820. The fraction of sp³-hybridized carbons (Fsp3) is 0.714. The molecular formula is C14H24N4O. The number of carbonyl (C=O) groups excluding carboxylic acids is 1. The first-order valence-electron chi connectivity index (χ1n) is 7.31. The molecule has 1 aliphatic rings. The maximum Gasteiger partial charge on any atom is 0.221 e. The molecule has 1 fully saturated rings. The summed E-state index contributed by atoms with van der Waals surface area (Å²) >= 11 is 0. The molecule has 1 unspecified atom stereocenters. The minimum atomic E-state index is 0.123. The Hall–Kier alpha value is -1.36. The van der Waals surface area contributed by atoms with Gasteiger partial charge in [0, 0.05) is 31.7 Å². The van der Waals surface area contributed by atoms with Gasteiger partial charge in [-0.1, -0.05) is 13.3 Å². The Morgan fingerprint density at radius 2 is 2.47 bits per heavy atom. The lowest BCUT2D eigenvalue weighted by Gasteiger charge is -2.24. The second-order valence-corrected chi connectivity index (χ2v) is 5.11. The van der Waals surface area contributed by atoms with Gasteiger partial charge < -0.3 is 15.2 Å². The highest BCUT2D eigenvalue weighted by molar-refractivity contribution is 5.75. The molecule has 1 atom stereocenters. The Bertz CT molecular complexity index is 396. The maximum atomic E-state index is 11.6. The minimum absolute atomic E-state index is 0.123. The molecule has 2 heterocycles. The summed E-state index contributed by atoms with van der Waals surface area (Å²) in [7, 11) is 0. The summed E-state index contributed by atoms with van der Waals surface area (Å²) in [4.78, 5) is 15.9. The Labute approximate surface area is 114 Å². The monoisotopic (exact) mass is 264 g/mol. The molecule has 0 spiro atoms. The predicted octanol–water partition coefficient (Wildman–Crippen LogP) is 1.61. The van der Waals surface area contributed by atoms with Gasteiger partial charge in [-0.2, -0.15) is 0 Å². The molecule has 19 heavy (non-hydrogen) atoms. The molecule has 0 aliphatic carbocycles. The van der Waals surface area contributed by atoms with Crippen LogP contribution in [-0.2, 0) is 11.3 Å². The third kappa shape index (κ3) is 4.06. The van der Waals surface area contributed by atoms with Crippen molar-refractivity contribution in [3.05, 3.63) is 18.2 Å². The number of carbonyl (C=O) groups is 1. The van der Waals surface area contributed by atoms with E-state index >= 15 is 0 Å². The van der Waals surface area contributed by atoms with Crippen LogP contribution in [0.15, 0.2) is 12.5 Å². The van der Waals surface area contributed by atoms with Crippen LogP contribution >= 0.6 is 0 Å². The average molecular weight is 264 g/mol. The highest BCUT2D eigenvalue weighted by Crippen LogP contribution is 2.22. The van der Waals surface area contributed by atoms with Gasteiger partial charge in [0.2, 0.25) is 5.91 Å². The predicted molar refractivity (Wildman–Crippen MR) is 74.7 cm³/mol. The normalized spacial score (nSPS) is 19.3. The van der Waals surface area contributed by atoms with Gasteiger partial charge in [-0.15, -0.1) is 0 Å². The van der Waals surface area contributed by atoms with Gasteiger partial charge in [-0.05, 0) is 25.8 Å². The second-order valence-electron chi connectivity index (χ2n) is 5.11. The molecule has 0 bridgehead atoms. The molecule has 5 nitrogen and oxygen atoms in total. The summed E-state index contributed by atoms with van der Waals surface area (Å²) in [6.45, 7) is 4.61. The van der Waals surface area contributed by atoms with Crippen molar-refractivity contribution in [1.82, 2.24) is 20.2 Å².